The van der Waals surface area contributed by atoms with E-state index in [4.69, 9.17) is 4.74 Å². The zero-order valence-corrected chi connectivity index (χ0v) is 12.5. The molecular formula is C18H17NO3. The van der Waals surface area contributed by atoms with Crippen molar-refractivity contribution >= 4 is 11.8 Å². The third-order valence-corrected chi connectivity index (χ3v) is 3.77. The Balaban J connectivity index is 2.18. The molecule has 112 valence electrons. The molecule has 4 nitrogen and oxygen atoms in total. The number of aromatic nitrogens is 1. The largest absolute Gasteiger partial charge is 0.461 e. The molecule has 0 spiro atoms. The van der Waals surface area contributed by atoms with Crippen molar-refractivity contribution in [3.05, 3.63) is 53.3 Å². The smallest absolute Gasteiger partial charge is 0.357 e. The molecule has 0 amide bonds. The van der Waals surface area contributed by atoms with E-state index >= 15 is 0 Å². The van der Waals surface area contributed by atoms with E-state index in [-0.39, 0.29) is 5.78 Å². The van der Waals surface area contributed by atoms with Crippen LogP contribution < -0.4 is 0 Å². The van der Waals surface area contributed by atoms with Crippen LogP contribution in [-0.4, -0.2) is 23.3 Å². The number of nitrogens with zero attached hydrogens (tertiary/aromatic N) is 1. The van der Waals surface area contributed by atoms with E-state index in [1.54, 1.807) is 13.0 Å². The molecule has 3 rings (SSSR count). The van der Waals surface area contributed by atoms with Gasteiger partial charge in [0.1, 0.15) is 0 Å². The van der Waals surface area contributed by atoms with Crippen molar-refractivity contribution in [2.75, 3.05) is 6.61 Å². The number of carbonyl (C=O) groups excluding carboxylic acids is 2. The fraction of sp³-hybridized carbons (Fsp3) is 0.278. The summed E-state index contributed by atoms with van der Waals surface area (Å²) in [5.41, 5.74) is 3.16. The van der Waals surface area contributed by atoms with Gasteiger partial charge in [0.2, 0.25) is 0 Å². The highest BCUT2D eigenvalue weighted by Gasteiger charge is 2.24. The molecule has 0 fully saturated rings. The van der Waals surface area contributed by atoms with Gasteiger partial charge >= 0.3 is 5.97 Å². The van der Waals surface area contributed by atoms with E-state index < -0.39 is 5.97 Å². The summed E-state index contributed by atoms with van der Waals surface area (Å²) in [6.07, 6.45) is 2.05. The summed E-state index contributed by atoms with van der Waals surface area (Å²) in [5, 5.41) is 0. The van der Waals surface area contributed by atoms with Crippen molar-refractivity contribution in [3.63, 3.8) is 0 Å². The third-order valence-electron chi connectivity index (χ3n) is 3.77. The lowest BCUT2D eigenvalue weighted by Gasteiger charge is -2.17. The van der Waals surface area contributed by atoms with Gasteiger partial charge in [0.05, 0.1) is 12.3 Å². The second kappa shape index (κ2) is 6.10. The van der Waals surface area contributed by atoms with Crippen molar-refractivity contribution in [2.45, 2.75) is 26.2 Å². The minimum Gasteiger partial charge on any atom is -0.461 e. The van der Waals surface area contributed by atoms with Gasteiger partial charge in [-0.15, -0.1) is 0 Å². The molecule has 0 saturated heterocycles. The van der Waals surface area contributed by atoms with Crippen LogP contribution in [0.4, 0.5) is 0 Å². The van der Waals surface area contributed by atoms with E-state index in [0.29, 0.717) is 35.5 Å². The summed E-state index contributed by atoms with van der Waals surface area (Å²) in [6, 6.07) is 11.3. The molecule has 0 N–H and O–H groups in total. The van der Waals surface area contributed by atoms with Crippen molar-refractivity contribution < 1.29 is 14.3 Å². The molecule has 4 heteroatoms. The Labute approximate surface area is 129 Å². The number of hydrogen-bond acceptors (Lipinski definition) is 4. The predicted octanol–water partition coefficient (Wildman–Crippen LogP) is 3.44. The number of esters is 1. The molecule has 0 bridgehead atoms. The Hall–Kier alpha value is -2.49. The van der Waals surface area contributed by atoms with Gasteiger partial charge < -0.3 is 4.74 Å². The molecule has 22 heavy (non-hydrogen) atoms. The Bertz CT molecular complexity index is 723. The van der Waals surface area contributed by atoms with Crippen LogP contribution in [0.3, 0.4) is 0 Å². The quantitative estimate of drug-likeness (QED) is 0.814. The van der Waals surface area contributed by atoms with Gasteiger partial charge in [0.15, 0.2) is 11.5 Å². The first-order valence-electron chi connectivity index (χ1n) is 7.50. The first-order chi connectivity index (χ1) is 10.7. The van der Waals surface area contributed by atoms with E-state index in [9.17, 15) is 9.59 Å². The van der Waals surface area contributed by atoms with Crippen LogP contribution >= 0.6 is 0 Å². The summed E-state index contributed by atoms with van der Waals surface area (Å²) < 4.78 is 5.12. The van der Waals surface area contributed by atoms with Crippen LogP contribution in [0.1, 0.15) is 46.3 Å². The fourth-order valence-corrected chi connectivity index (χ4v) is 2.73. The van der Waals surface area contributed by atoms with E-state index in [2.05, 4.69) is 4.98 Å². The summed E-state index contributed by atoms with van der Waals surface area (Å²) >= 11 is 0. The van der Waals surface area contributed by atoms with Crippen LogP contribution in [0.5, 0.6) is 0 Å². The monoisotopic (exact) mass is 295 g/mol. The lowest BCUT2D eigenvalue weighted by molar-refractivity contribution is 0.0519. The van der Waals surface area contributed by atoms with Gasteiger partial charge in [0, 0.05) is 17.5 Å². The SMILES string of the molecule is CCOC(=O)c1nc2c(cc1-c1ccccc1)C(=O)CCC2. The second-order valence-corrected chi connectivity index (χ2v) is 5.24. The van der Waals surface area contributed by atoms with Crippen LogP contribution in [0.15, 0.2) is 36.4 Å². The van der Waals surface area contributed by atoms with Crippen molar-refractivity contribution in [3.8, 4) is 11.1 Å². The van der Waals surface area contributed by atoms with Gasteiger partial charge in [-0.3, -0.25) is 4.79 Å². The van der Waals surface area contributed by atoms with Gasteiger partial charge in [-0.1, -0.05) is 30.3 Å². The molecule has 1 heterocycles. The number of Topliss-reactive ketones (excluding diaryl/α,β-unsaturated/α-hetero) is 1. The van der Waals surface area contributed by atoms with Gasteiger partial charge in [-0.2, -0.15) is 0 Å². The zero-order valence-electron chi connectivity index (χ0n) is 12.5. The number of hydrogen-bond donors (Lipinski definition) is 0. The van der Waals surface area contributed by atoms with Crippen LogP contribution in [-0.2, 0) is 11.2 Å². The van der Waals surface area contributed by atoms with Gasteiger partial charge in [0.25, 0.3) is 0 Å². The standard InChI is InChI=1S/C18H17NO3/c1-2-22-18(21)17-13(12-7-4-3-5-8-12)11-14-15(19-17)9-6-10-16(14)20/h3-5,7-8,11H,2,6,9-10H2,1H3. The average Bonchev–Trinajstić information content (AvgIpc) is 2.55. The fourth-order valence-electron chi connectivity index (χ4n) is 2.73. The van der Waals surface area contributed by atoms with Crippen LogP contribution in [0.2, 0.25) is 0 Å². The summed E-state index contributed by atoms with van der Waals surface area (Å²) in [7, 11) is 0. The molecule has 0 atom stereocenters. The Kier molecular flexibility index (Phi) is 4.00. The number of ether oxygens (including phenoxy) is 1. The van der Waals surface area contributed by atoms with Gasteiger partial charge in [-0.05, 0) is 31.4 Å². The number of rotatable bonds is 3. The second-order valence-electron chi connectivity index (χ2n) is 5.24. The topological polar surface area (TPSA) is 56.3 Å². The van der Waals surface area contributed by atoms with Crippen molar-refractivity contribution in [1.82, 2.24) is 4.98 Å². The first-order valence-corrected chi connectivity index (χ1v) is 7.50. The molecule has 0 radical (unpaired) electrons. The van der Waals surface area contributed by atoms with Crippen LogP contribution in [0.25, 0.3) is 11.1 Å². The molecular weight excluding hydrogens is 278 g/mol. The lowest BCUT2D eigenvalue weighted by Crippen LogP contribution is -2.17. The number of aryl methyl sites for hydroxylation is 1. The zero-order chi connectivity index (χ0) is 15.5. The van der Waals surface area contributed by atoms with Crippen molar-refractivity contribution in [1.29, 1.82) is 0 Å². The molecule has 0 saturated carbocycles. The van der Waals surface area contributed by atoms with Crippen LogP contribution in [0, 0.1) is 0 Å². The highest BCUT2D eigenvalue weighted by atomic mass is 16.5. The molecule has 0 aliphatic heterocycles. The number of pyridine rings is 1. The molecule has 1 aromatic heterocycles. The molecule has 0 unspecified atom stereocenters. The van der Waals surface area contributed by atoms with Crippen molar-refractivity contribution in [2.24, 2.45) is 0 Å². The van der Waals surface area contributed by atoms with E-state index in [1.807, 2.05) is 30.3 Å². The van der Waals surface area contributed by atoms with E-state index in [0.717, 1.165) is 18.4 Å². The maximum atomic E-state index is 12.2. The number of carbonyl (C=O) groups is 2. The number of ketones is 1. The summed E-state index contributed by atoms with van der Waals surface area (Å²) in [4.78, 5) is 28.8. The summed E-state index contributed by atoms with van der Waals surface area (Å²) in [5.74, 6) is -0.344. The Morgan fingerprint density at radius 1 is 1.18 bits per heavy atom. The van der Waals surface area contributed by atoms with E-state index in [1.165, 1.54) is 0 Å². The highest BCUT2D eigenvalue weighted by Crippen LogP contribution is 2.29. The minimum absolute atomic E-state index is 0.0985. The maximum absolute atomic E-state index is 12.2. The van der Waals surface area contributed by atoms with Gasteiger partial charge in [-0.25, -0.2) is 9.78 Å². The Morgan fingerprint density at radius 3 is 2.68 bits per heavy atom. The predicted molar refractivity (Wildman–Crippen MR) is 82.9 cm³/mol. The third kappa shape index (κ3) is 2.64. The number of fused-ring (bicyclic) bond motifs is 1. The summed E-state index contributed by atoms with van der Waals surface area (Å²) in [6.45, 7) is 2.06. The molecule has 1 aliphatic rings. The highest BCUT2D eigenvalue weighted by molar-refractivity contribution is 6.02. The molecule has 2 aromatic rings. The Morgan fingerprint density at radius 2 is 1.95 bits per heavy atom. The molecule has 1 aromatic carbocycles. The molecule has 1 aliphatic carbocycles. The minimum atomic E-state index is -0.442. The lowest BCUT2D eigenvalue weighted by atomic mass is 9.91. The first kappa shape index (κ1) is 14.4. The average molecular weight is 295 g/mol. The number of benzene rings is 1. The maximum Gasteiger partial charge on any atom is 0.357 e. The normalized spacial score (nSPS) is 13.6.